The van der Waals surface area contributed by atoms with E-state index >= 15 is 0 Å². The molecule has 2 rings (SSSR count). The smallest absolute Gasteiger partial charge is 0.270 e. The molecule has 1 aliphatic heterocycles. The third kappa shape index (κ3) is 4.27. The van der Waals surface area contributed by atoms with Crippen LogP contribution < -0.4 is 5.32 Å². The molecule has 0 bridgehead atoms. The van der Waals surface area contributed by atoms with Gasteiger partial charge in [-0.15, -0.1) is 12.4 Å². The number of nitro groups is 1. The second kappa shape index (κ2) is 7.90. The quantitative estimate of drug-likeness (QED) is 0.458. The van der Waals surface area contributed by atoms with Gasteiger partial charge in [-0.1, -0.05) is 0 Å². The zero-order valence-corrected chi connectivity index (χ0v) is 14.5. The molecule has 0 saturated carbocycles. The summed E-state index contributed by atoms with van der Waals surface area (Å²) in [5.41, 5.74) is 0.555. The van der Waals surface area contributed by atoms with Crippen LogP contribution in [-0.2, 0) is 0 Å². The van der Waals surface area contributed by atoms with Gasteiger partial charge in [0.25, 0.3) is 11.6 Å². The largest absolute Gasteiger partial charge is 0.338 e. The fourth-order valence-electron chi connectivity index (χ4n) is 2.33. The summed E-state index contributed by atoms with van der Waals surface area (Å²) < 4.78 is 0.623. The van der Waals surface area contributed by atoms with Crippen LogP contribution in [0.2, 0.25) is 0 Å². The van der Waals surface area contributed by atoms with Gasteiger partial charge < -0.3 is 10.2 Å². The molecule has 6 nitrogen and oxygen atoms in total. The molecule has 1 aromatic carbocycles. The van der Waals surface area contributed by atoms with Crippen molar-refractivity contribution in [1.82, 2.24) is 10.2 Å². The summed E-state index contributed by atoms with van der Waals surface area (Å²) in [6, 6.07) is 4.84. The molecule has 8 heteroatoms. The summed E-state index contributed by atoms with van der Waals surface area (Å²) in [5, 5.41) is 13.9. The van der Waals surface area contributed by atoms with Crippen LogP contribution in [-0.4, -0.2) is 41.9 Å². The predicted octanol–water partition coefficient (Wildman–Crippen LogP) is 2.45. The number of carbonyl (C=O) groups excluding carboxylic acids is 1. The Balaban J connectivity index is 0.00000220. The molecule has 1 aromatic rings. The molecule has 1 saturated heterocycles. The van der Waals surface area contributed by atoms with E-state index in [2.05, 4.69) is 5.32 Å². The first-order valence-electron chi connectivity index (χ1n) is 6.43. The highest BCUT2D eigenvalue weighted by atomic mass is 127. The van der Waals surface area contributed by atoms with Crippen LogP contribution in [0.1, 0.15) is 23.2 Å². The Morgan fingerprint density at radius 1 is 1.43 bits per heavy atom. The molecule has 0 aliphatic carbocycles. The van der Waals surface area contributed by atoms with Gasteiger partial charge in [-0.3, -0.25) is 14.9 Å². The fourth-order valence-corrected chi connectivity index (χ4v) is 3.06. The minimum Gasteiger partial charge on any atom is -0.338 e. The molecular weight excluding hydrogens is 409 g/mol. The number of hydrogen-bond acceptors (Lipinski definition) is 4. The summed E-state index contributed by atoms with van der Waals surface area (Å²) >= 11 is 1.98. The Morgan fingerprint density at radius 3 is 2.52 bits per heavy atom. The van der Waals surface area contributed by atoms with E-state index in [4.69, 9.17) is 0 Å². The standard InChI is InChI=1S/C13H16IN3O3.ClH/c1-15-9-4-6-16(7-5-9)13(18)11-3-2-10(17(19)20)8-12(11)14;/h2-3,8-9,15H,4-7H2,1H3;1H. The molecule has 0 aromatic heterocycles. The maximum atomic E-state index is 12.4. The van der Waals surface area contributed by atoms with Gasteiger partial charge in [0.2, 0.25) is 0 Å². The third-order valence-corrected chi connectivity index (χ3v) is 4.48. The Bertz CT molecular complexity index is 533. The summed E-state index contributed by atoms with van der Waals surface area (Å²) in [7, 11) is 1.93. The Hall–Kier alpha value is -0.930. The van der Waals surface area contributed by atoms with Gasteiger partial charge >= 0.3 is 0 Å². The lowest BCUT2D eigenvalue weighted by Crippen LogP contribution is -2.44. The Kier molecular flexibility index (Phi) is 6.82. The average Bonchev–Trinajstić information content (AvgIpc) is 2.46. The molecule has 0 unspecified atom stereocenters. The topological polar surface area (TPSA) is 75.5 Å². The van der Waals surface area contributed by atoms with Gasteiger partial charge in [0.05, 0.1) is 10.5 Å². The average molecular weight is 426 g/mol. The number of nitro benzene ring substituents is 1. The fraction of sp³-hybridized carbons (Fsp3) is 0.462. The van der Waals surface area contributed by atoms with Crippen molar-refractivity contribution in [3.05, 3.63) is 37.4 Å². The highest BCUT2D eigenvalue weighted by Gasteiger charge is 2.24. The number of benzene rings is 1. The molecule has 0 atom stereocenters. The van der Waals surface area contributed by atoms with E-state index in [0.717, 1.165) is 25.9 Å². The normalized spacial score (nSPS) is 15.4. The Morgan fingerprint density at radius 2 is 2.05 bits per heavy atom. The van der Waals surface area contributed by atoms with Crippen molar-refractivity contribution in [2.45, 2.75) is 18.9 Å². The summed E-state index contributed by atoms with van der Waals surface area (Å²) in [5.74, 6) is -0.0427. The summed E-state index contributed by atoms with van der Waals surface area (Å²) in [6.45, 7) is 1.44. The Labute approximate surface area is 143 Å². The monoisotopic (exact) mass is 425 g/mol. The highest BCUT2D eigenvalue weighted by molar-refractivity contribution is 14.1. The number of halogens is 2. The van der Waals surface area contributed by atoms with E-state index in [1.807, 2.05) is 34.5 Å². The SMILES string of the molecule is CNC1CCN(C(=O)c2ccc([N+](=O)[O-])cc2I)CC1.Cl. The molecule has 0 spiro atoms. The van der Waals surface area contributed by atoms with Gasteiger partial charge in [-0.25, -0.2) is 0 Å². The minimum atomic E-state index is -0.450. The van der Waals surface area contributed by atoms with E-state index in [1.165, 1.54) is 12.1 Å². The van der Waals surface area contributed by atoms with E-state index in [9.17, 15) is 14.9 Å². The van der Waals surface area contributed by atoms with Gasteiger partial charge in [0, 0.05) is 34.8 Å². The predicted molar refractivity (Wildman–Crippen MR) is 91.0 cm³/mol. The van der Waals surface area contributed by atoms with Crippen LogP contribution in [0, 0.1) is 13.7 Å². The number of likely N-dealkylation sites (tertiary alicyclic amines) is 1. The van der Waals surface area contributed by atoms with Crippen molar-refractivity contribution in [2.24, 2.45) is 0 Å². The number of carbonyl (C=O) groups is 1. The lowest BCUT2D eigenvalue weighted by Gasteiger charge is -2.32. The van der Waals surface area contributed by atoms with Crippen molar-refractivity contribution < 1.29 is 9.72 Å². The number of amides is 1. The number of rotatable bonds is 3. The first-order chi connectivity index (χ1) is 9.52. The van der Waals surface area contributed by atoms with Crippen molar-refractivity contribution in [1.29, 1.82) is 0 Å². The van der Waals surface area contributed by atoms with Crippen molar-refractivity contribution in [3.63, 3.8) is 0 Å². The lowest BCUT2D eigenvalue weighted by molar-refractivity contribution is -0.384. The molecule has 1 N–H and O–H groups in total. The second-order valence-corrected chi connectivity index (χ2v) is 5.94. The second-order valence-electron chi connectivity index (χ2n) is 4.78. The van der Waals surface area contributed by atoms with Crippen LogP contribution in [0.4, 0.5) is 5.69 Å². The number of nitrogens with one attached hydrogen (secondary N) is 1. The molecule has 21 heavy (non-hydrogen) atoms. The van der Waals surface area contributed by atoms with E-state index < -0.39 is 4.92 Å². The summed E-state index contributed by atoms with van der Waals surface area (Å²) in [4.78, 5) is 24.5. The molecule has 1 amide bonds. The van der Waals surface area contributed by atoms with Crippen LogP contribution in [0.25, 0.3) is 0 Å². The molecule has 1 aliphatic rings. The molecule has 1 heterocycles. The van der Waals surface area contributed by atoms with Crippen molar-refractivity contribution >= 4 is 46.6 Å². The number of non-ortho nitro benzene ring substituents is 1. The number of piperidine rings is 1. The lowest BCUT2D eigenvalue weighted by atomic mass is 10.0. The van der Waals surface area contributed by atoms with Crippen LogP contribution in [0.15, 0.2) is 18.2 Å². The zero-order valence-electron chi connectivity index (χ0n) is 11.5. The van der Waals surface area contributed by atoms with Gasteiger partial charge in [0.1, 0.15) is 0 Å². The molecular formula is C13H17ClIN3O3. The van der Waals surface area contributed by atoms with Gasteiger partial charge in [-0.05, 0) is 48.5 Å². The molecule has 1 fully saturated rings. The molecule has 0 radical (unpaired) electrons. The van der Waals surface area contributed by atoms with Gasteiger partial charge in [0.15, 0.2) is 0 Å². The molecule has 116 valence electrons. The number of hydrogen-bond donors (Lipinski definition) is 1. The summed E-state index contributed by atoms with van der Waals surface area (Å²) in [6.07, 6.45) is 1.87. The van der Waals surface area contributed by atoms with E-state index in [-0.39, 0.29) is 24.0 Å². The maximum Gasteiger partial charge on any atom is 0.270 e. The first-order valence-corrected chi connectivity index (χ1v) is 7.51. The zero-order chi connectivity index (χ0) is 14.7. The van der Waals surface area contributed by atoms with E-state index in [1.54, 1.807) is 6.07 Å². The highest BCUT2D eigenvalue weighted by Crippen LogP contribution is 2.22. The van der Waals surface area contributed by atoms with Crippen LogP contribution >= 0.6 is 35.0 Å². The van der Waals surface area contributed by atoms with Crippen LogP contribution in [0.3, 0.4) is 0 Å². The van der Waals surface area contributed by atoms with Crippen LogP contribution in [0.5, 0.6) is 0 Å². The minimum absolute atomic E-state index is 0. The van der Waals surface area contributed by atoms with Crippen molar-refractivity contribution in [3.8, 4) is 0 Å². The first kappa shape index (κ1) is 18.1. The van der Waals surface area contributed by atoms with Gasteiger partial charge in [-0.2, -0.15) is 0 Å². The third-order valence-electron chi connectivity index (χ3n) is 3.58. The maximum absolute atomic E-state index is 12.4. The van der Waals surface area contributed by atoms with E-state index in [0.29, 0.717) is 15.2 Å². The van der Waals surface area contributed by atoms with Crippen molar-refractivity contribution in [2.75, 3.05) is 20.1 Å². The number of nitrogens with zero attached hydrogens (tertiary/aromatic N) is 2.